The van der Waals surface area contributed by atoms with Crippen LogP contribution in [0.1, 0.15) is 34.0 Å². The number of hydrogen-bond acceptors (Lipinski definition) is 8. The number of nitro groups is 1. The number of amides is 2. The van der Waals surface area contributed by atoms with Crippen LogP contribution in [0.25, 0.3) is 6.08 Å². The molecule has 0 bridgehead atoms. The SMILES string of the molecule is CCOc1cc(/C=C2\SC(=O)N(Cc3ccccc3[N+](=O)[O-])C2=O)ccc1OC(=O)c1ccc(C)cc1. The average molecular weight is 519 g/mol. The zero-order chi connectivity index (χ0) is 26.5. The lowest BCUT2D eigenvalue weighted by Gasteiger charge is -2.13. The minimum atomic E-state index is -0.555. The summed E-state index contributed by atoms with van der Waals surface area (Å²) < 4.78 is 11.2. The predicted octanol–water partition coefficient (Wildman–Crippen LogP) is 5.76. The molecule has 1 heterocycles. The Labute approximate surface area is 216 Å². The van der Waals surface area contributed by atoms with Crippen molar-refractivity contribution in [3.63, 3.8) is 0 Å². The van der Waals surface area contributed by atoms with Crippen molar-refractivity contribution in [1.82, 2.24) is 4.90 Å². The van der Waals surface area contributed by atoms with Crippen molar-refractivity contribution < 1.29 is 28.8 Å². The number of imide groups is 1. The molecule has 0 N–H and O–H groups in total. The Morgan fingerprint density at radius 2 is 1.78 bits per heavy atom. The first kappa shape index (κ1) is 25.6. The van der Waals surface area contributed by atoms with Crippen molar-refractivity contribution in [2.45, 2.75) is 20.4 Å². The van der Waals surface area contributed by atoms with Crippen molar-refractivity contribution >= 4 is 40.6 Å². The standard InChI is InChI=1S/C27H22N2O7S/c1-3-35-23-14-18(10-13-22(23)36-26(31)19-11-8-17(2)9-12-19)15-24-25(30)28(27(32)37-24)16-20-6-4-5-7-21(20)29(33)34/h4-15H,3,16H2,1-2H3/b24-15-. The highest BCUT2D eigenvalue weighted by molar-refractivity contribution is 8.18. The summed E-state index contributed by atoms with van der Waals surface area (Å²) in [5.74, 6) is -0.573. The van der Waals surface area contributed by atoms with Gasteiger partial charge in [-0.2, -0.15) is 0 Å². The summed E-state index contributed by atoms with van der Waals surface area (Å²) in [5.41, 5.74) is 2.05. The molecule has 188 valence electrons. The second-order valence-electron chi connectivity index (χ2n) is 8.05. The molecule has 0 spiro atoms. The van der Waals surface area contributed by atoms with E-state index < -0.39 is 22.0 Å². The van der Waals surface area contributed by atoms with Gasteiger partial charge in [0.25, 0.3) is 16.8 Å². The number of hydrogen-bond donors (Lipinski definition) is 0. The maximum atomic E-state index is 13.0. The molecular formula is C27H22N2O7S. The number of thioether (sulfide) groups is 1. The summed E-state index contributed by atoms with van der Waals surface area (Å²) in [6, 6.07) is 17.7. The second kappa shape index (κ2) is 11.1. The Hall–Kier alpha value is -4.44. The monoisotopic (exact) mass is 518 g/mol. The third kappa shape index (κ3) is 5.87. The normalized spacial score (nSPS) is 14.2. The molecule has 0 radical (unpaired) electrons. The number of esters is 1. The Kier molecular flexibility index (Phi) is 7.69. The Morgan fingerprint density at radius 1 is 1.05 bits per heavy atom. The number of benzene rings is 3. The molecule has 2 amide bonds. The molecule has 3 aromatic carbocycles. The van der Waals surface area contributed by atoms with E-state index in [9.17, 15) is 24.5 Å². The summed E-state index contributed by atoms with van der Waals surface area (Å²) in [7, 11) is 0. The van der Waals surface area contributed by atoms with Gasteiger partial charge in [0.05, 0.1) is 28.5 Å². The van der Waals surface area contributed by atoms with Gasteiger partial charge in [0.15, 0.2) is 11.5 Å². The summed E-state index contributed by atoms with van der Waals surface area (Å²) in [5, 5.41) is 10.8. The minimum absolute atomic E-state index is 0.162. The molecule has 0 aliphatic carbocycles. The van der Waals surface area contributed by atoms with Crippen molar-refractivity contribution in [1.29, 1.82) is 0 Å². The number of nitro benzene ring substituents is 1. The number of carbonyl (C=O) groups excluding carboxylic acids is 3. The van der Waals surface area contributed by atoms with E-state index in [0.717, 1.165) is 22.2 Å². The van der Waals surface area contributed by atoms with Gasteiger partial charge < -0.3 is 9.47 Å². The fourth-order valence-electron chi connectivity index (χ4n) is 3.60. The van der Waals surface area contributed by atoms with E-state index >= 15 is 0 Å². The first-order valence-corrected chi connectivity index (χ1v) is 12.1. The summed E-state index contributed by atoms with van der Waals surface area (Å²) >= 11 is 0.745. The van der Waals surface area contributed by atoms with Gasteiger partial charge in [0, 0.05) is 11.6 Å². The number of nitrogens with zero attached hydrogens (tertiary/aromatic N) is 2. The van der Waals surface area contributed by atoms with E-state index in [0.29, 0.717) is 23.5 Å². The van der Waals surface area contributed by atoms with Crippen molar-refractivity contribution in [2.75, 3.05) is 6.61 Å². The van der Waals surface area contributed by atoms with E-state index in [2.05, 4.69) is 0 Å². The van der Waals surface area contributed by atoms with E-state index in [1.165, 1.54) is 24.3 Å². The fraction of sp³-hybridized carbons (Fsp3) is 0.148. The smallest absolute Gasteiger partial charge is 0.343 e. The molecule has 4 rings (SSSR count). The van der Waals surface area contributed by atoms with E-state index in [1.54, 1.807) is 43.3 Å². The molecule has 3 aromatic rings. The second-order valence-corrected chi connectivity index (χ2v) is 9.04. The highest BCUT2D eigenvalue weighted by Gasteiger charge is 2.36. The van der Waals surface area contributed by atoms with Crippen LogP contribution in [0.4, 0.5) is 10.5 Å². The van der Waals surface area contributed by atoms with Crippen LogP contribution in [0.2, 0.25) is 0 Å². The maximum Gasteiger partial charge on any atom is 0.343 e. The van der Waals surface area contributed by atoms with Crippen LogP contribution >= 0.6 is 11.8 Å². The molecule has 0 atom stereocenters. The lowest BCUT2D eigenvalue weighted by Crippen LogP contribution is -2.27. The fourth-order valence-corrected chi connectivity index (χ4v) is 4.43. The molecular weight excluding hydrogens is 496 g/mol. The first-order valence-electron chi connectivity index (χ1n) is 11.3. The largest absolute Gasteiger partial charge is 0.490 e. The van der Waals surface area contributed by atoms with Crippen molar-refractivity contribution in [3.05, 3.63) is 104 Å². The Balaban J connectivity index is 1.55. The van der Waals surface area contributed by atoms with Gasteiger partial charge in [-0.25, -0.2) is 4.79 Å². The van der Waals surface area contributed by atoms with Crippen LogP contribution in [0.15, 0.2) is 71.6 Å². The van der Waals surface area contributed by atoms with Crippen LogP contribution in [-0.2, 0) is 11.3 Å². The first-order chi connectivity index (χ1) is 17.8. The summed E-state index contributed by atoms with van der Waals surface area (Å²) in [6.07, 6.45) is 1.53. The van der Waals surface area contributed by atoms with Crippen LogP contribution in [0, 0.1) is 17.0 Å². The van der Waals surface area contributed by atoms with Gasteiger partial charge in [-0.1, -0.05) is 42.0 Å². The number of aryl methyl sites for hydroxylation is 1. The average Bonchev–Trinajstić information content (AvgIpc) is 3.13. The summed E-state index contributed by atoms with van der Waals surface area (Å²) in [4.78, 5) is 49.9. The summed E-state index contributed by atoms with van der Waals surface area (Å²) in [6.45, 7) is 3.80. The van der Waals surface area contributed by atoms with Crippen molar-refractivity contribution in [3.8, 4) is 11.5 Å². The topological polar surface area (TPSA) is 116 Å². The molecule has 0 aromatic heterocycles. The quantitative estimate of drug-likeness (QED) is 0.122. The number of carbonyl (C=O) groups is 3. The van der Waals surface area contributed by atoms with Gasteiger partial charge in [-0.3, -0.25) is 24.6 Å². The van der Waals surface area contributed by atoms with Gasteiger partial charge >= 0.3 is 5.97 Å². The van der Waals surface area contributed by atoms with Gasteiger partial charge in [-0.15, -0.1) is 0 Å². The molecule has 9 nitrogen and oxygen atoms in total. The minimum Gasteiger partial charge on any atom is -0.490 e. The zero-order valence-corrected chi connectivity index (χ0v) is 20.8. The number of para-hydroxylation sites is 1. The number of ether oxygens (including phenoxy) is 2. The van der Waals surface area contributed by atoms with Crippen LogP contribution in [0.3, 0.4) is 0 Å². The third-order valence-corrected chi connectivity index (χ3v) is 6.35. The predicted molar refractivity (Wildman–Crippen MR) is 138 cm³/mol. The molecule has 0 saturated carbocycles. The highest BCUT2D eigenvalue weighted by Crippen LogP contribution is 2.36. The van der Waals surface area contributed by atoms with Crippen molar-refractivity contribution in [2.24, 2.45) is 0 Å². The van der Waals surface area contributed by atoms with Gasteiger partial charge in [0.2, 0.25) is 0 Å². The molecule has 1 aliphatic rings. The lowest BCUT2D eigenvalue weighted by atomic mass is 10.1. The van der Waals surface area contributed by atoms with E-state index in [1.807, 2.05) is 19.1 Å². The van der Waals surface area contributed by atoms with Crippen LogP contribution in [-0.4, -0.2) is 33.5 Å². The third-order valence-electron chi connectivity index (χ3n) is 5.45. The van der Waals surface area contributed by atoms with Gasteiger partial charge in [-0.05, 0) is 61.5 Å². The molecule has 37 heavy (non-hydrogen) atoms. The van der Waals surface area contributed by atoms with E-state index in [4.69, 9.17) is 9.47 Å². The van der Waals surface area contributed by atoms with Crippen LogP contribution < -0.4 is 9.47 Å². The Bertz CT molecular complexity index is 1420. The van der Waals surface area contributed by atoms with E-state index in [-0.39, 0.29) is 28.5 Å². The molecule has 1 aliphatic heterocycles. The van der Waals surface area contributed by atoms with Crippen LogP contribution in [0.5, 0.6) is 11.5 Å². The van der Waals surface area contributed by atoms with Gasteiger partial charge in [0.1, 0.15) is 0 Å². The Morgan fingerprint density at radius 3 is 2.49 bits per heavy atom. The molecule has 0 unspecified atom stereocenters. The molecule has 1 saturated heterocycles. The maximum absolute atomic E-state index is 13.0. The highest BCUT2D eigenvalue weighted by atomic mass is 32.2. The molecule has 1 fully saturated rings. The number of rotatable bonds is 8. The zero-order valence-electron chi connectivity index (χ0n) is 20.0. The lowest BCUT2D eigenvalue weighted by molar-refractivity contribution is -0.385. The molecule has 10 heteroatoms.